The Hall–Kier alpha value is -4.88. The highest BCUT2D eigenvalue weighted by Gasteiger charge is 2.19. The highest BCUT2D eigenvalue weighted by molar-refractivity contribution is 6.33. The Bertz CT molecular complexity index is 2190. The molecule has 40 heavy (non-hydrogen) atoms. The number of anilines is 3. The molecule has 0 fully saturated rings. The molecule has 8 aromatic rings. The van der Waals surface area contributed by atoms with Crippen molar-refractivity contribution in [1.82, 2.24) is 0 Å². The summed E-state index contributed by atoms with van der Waals surface area (Å²) in [5.74, 6) is 0.480. The van der Waals surface area contributed by atoms with Crippen LogP contribution in [0.25, 0.3) is 53.9 Å². The second-order valence-corrected chi connectivity index (χ2v) is 11.2. The Morgan fingerprint density at radius 3 is 1.73 bits per heavy atom. The summed E-state index contributed by atoms with van der Waals surface area (Å²) in [6, 6.07) is 49.3. The molecule has 0 aromatic heterocycles. The molecule has 0 amide bonds. The van der Waals surface area contributed by atoms with Gasteiger partial charge < -0.3 is 4.90 Å². The van der Waals surface area contributed by atoms with Crippen LogP contribution < -0.4 is 4.90 Å². The third-order valence-corrected chi connectivity index (χ3v) is 8.47. The van der Waals surface area contributed by atoms with Gasteiger partial charge in [-0.15, -0.1) is 0 Å². The summed E-state index contributed by atoms with van der Waals surface area (Å²) in [4.78, 5) is 2.40. The lowest BCUT2D eigenvalue weighted by Gasteiger charge is -2.27. The summed E-state index contributed by atoms with van der Waals surface area (Å²) in [5, 5.41) is 13.1. The molecular weight excluding hydrogens is 482 g/mol. The van der Waals surface area contributed by atoms with E-state index in [0.29, 0.717) is 5.92 Å². The zero-order valence-corrected chi connectivity index (χ0v) is 22.7. The Labute approximate surface area is 234 Å². The fourth-order valence-electron chi connectivity index (χ4n) is 6.54. The molecule has 0 saturated heterocycles. The Balaban J connectivity index is 1.47. The zero-order chi connectivity index (χ0) is 26.8. The van der Waals surface area contributed by atoms with Crippen molar-refractivity contribution in [1.29, 1.82) is 0 Å². The second-order valence-electron chi connectivity index (χ2n) is 11.2. The van der Waals surface area contributed by atoms with Crippen molar-refractivity contribution in [2.24, 2.45) is 0 Å². The molecule has 0 radical (unpaired) electrons. The fourth-order valence-corrected chi connectivity index (χ4v) is 6.54. The number of benzene rings is 8. The third-order valence-electron chi connectivity index (χ3n) is 8.47. The van der Waals surface area contributed by atoms with Crippen molar-refractivity contribution >= 4 is 70.9 Å². The summed E-state index contributed by atoms with van der Waals surface area (Å²) < 4.78 is 0. The van der Waals surface area contributed by atoms with Crippen molar-refractivity contribution in [3.63, 3.8) is 0 Å². The van der Waals surface area contributed by atoms with Gasteiger partial charge in [-0.1, -0.05) is 111 Å². The first-order valence-corrected chi connectivity index (χ1v) is 14.1. The number of rotatable bonds is 4. The average molecular weight is 512 g/mol. The van der Waals surface area contributed by atoms with Crippen LogP contribution in [0.5, 0.6) is 0 Å². The summed E-state index contributed by atoms with van der Waals surface area (Å²) in [7, 11) is 0. The van der Waals surface area contributed by atoms with E-state index in [1.807, 2.05) is 0 Å². The monoisotopic (exact) mass is 511 g/mol. The highest BCUT2D eigenvalue weighted by Crippen LogP contribution is 2.45. The standard InChI is InChI=1S/C39H29N/c1-25(2)30-20-28-12-8-17-35-37-24-33(22-29-13-9-16-34(39(29)37)36(23-30)38(28)35)40(31-14-4-3-5-15-31)32-19-18-26-10-6-7-11-27(26)21-32/h3-25H,1-2H3. The molecule has 0 unspecified atom stereocenters. The summed E-state index contributed by atoms with van der Waals surface area (Å²) in [6.07, 6.45) is 0. The first-order chi connectivity index (χ1) is 19.7. The van der Waals surface area contributed by atoms with Gasteiger partial charge in [-0.3, -0.25) is 0 Å². The van der Waals surface area contributed by atoms with E-state index in [-0.39, 0.29) is 0 Å². The molecule has 0 N–H and O–H groups in total. The first-order valence-electron chi connectivity index (χ1n) is 14.1. The molecular formula is C39H29N. The predicted molar refractivity (Wildman–Crippen MR) is 174 cm³/mol. The van der Waals surface area contributed by atoms with E-state index in [9.17, 15) is 0 Å². The SMILES string of the molecule is CC(C)c1cc2cccc3c4cc(N(c5ccccc5)c5ccc6ccccc6c5)cc5cccc(c(c1)c23)c54. The maximum absolute atomic E-state index is 2.42. The topological polar surface area (TPSA) is 3.24 Å². The first kappa shape index (κ1) is 23.0. The molecule has 0 aliphatic heterocycles. The van der Waals surface area contributed by atoms with Gasteiger partial charge in [0, 0.05) is 17.1 Å². The van der Waals surface area contributed by atoms with Crippen molar-refractivity contribution in [2.45, 2.75) is 19.8 Å². The molecule has 0 atom stereocenters. The smallest absolute Gasteiger partial charge is 0.0474 e. The minimum Gasteiger partial charge on any atom is -0.310 e. The van der Waals surface area contributed by atoms with Crippen LogP contribution in [0.15, 0.2) is 133 Å². The molecule has 0 aliphatic rings. The summed E-state index contributed by atoms with van der Waals surface area (Å²) in [5.41, 5.74) is 4.86. The maximum Gasteiger partial charge on any atom is 0.0474 e. The van der Waals surface area contributed by atoms with E-state index >= 15 is 0 Å². The van der Waals surface area contributed by atoms with Crippen LogP contribution in [-0.4, -0.2) is 0 Å². The van der Waals surface area contributed by atoms with Gasteiger partial charge in [0.2, 0.25) is 0 Å². The van der Waals surface area contributed by atoms with E-state index in [2.05, 4.69) is 152 Å². The predicted octanol–water partition coefficient (Wildman–Crippen LogP) is 11.5. The van der Waals surface area contributed by atoms with Crippen LogP contribution in [0.1, 0.15) is 25.3 Å². The van der Waals surface area contributed by atoms with Crippen molar-refractivity contribution in [3.8, 4) is 0 Å². The molecule has 8 aromatic carbocycles. The van der Waals surface area contributed by atoms with Crippen LogP contribution in [0.4, 0.5) is 17.1 Å². The van der Waals surface area contributed by atoms with Gasteiger partial charge in [0.15, 0.2) is 0 Å². The van der Waals surface area contributed by atoms with E-state index in [1.165, 1.54) is 65.1 Å². The Kier molecular flexibility index (Phi) is 5.09. The van der Waals surface area contributed by atoms with Gasteiger partial charge in [0.1, 0.15) is 0 Å². The van der Waals surface area contributed by atoms with E-state index in [0.717, 1.165) is 11.4 Å². The van der Waals surface area contributed by atoms with Gasteiger partial charge in [0.25, 0.3) is 0 Å². The lowest BCUT2D eigenvalue weighted by molar-refractivity contribution is 0.870. The lowest BCUT2D eigenvalue weighted by atomic mass is 9.87. The van der Waals surface area contributed by atoms with E-state index in [4.69, 9.17) is 0 Å². The second kappa shape index (κ2) is 8.83. The van der Waals surface area contributed by atoms with E-state index < -0.39 is 0 Å². The van der Waals surface area contributed by atoms with Crippen LogP contribution in [0.2, 0.25) is 0 Å². The number of hydrogen-bond acceptors (Lipinski definition) is 1. The largest absolute Gasteiger partial charge is 0.310 e. The molecule has 1 nitrogen and oxygen atoms in total. The molecule has 0 spiro atoms. The van der Waals surface area contributed by atoms with Crippen molar-refractivity contribution < 1.29 is 0 Å². The number of fused-ring (bicyclic) bond motifs is 3. The quantitative estimate of drug-likeness (QED) is 0.168. The molecule has 0 heterocycles. The number of nitrogens with zero attached hydrogens (tertiary/aromatic N) is 1. The molecule has 1 heteroatoms. The third kappa shape index (κ3) is 3.48. The zero-order valence-electron chi connectivity index (χ0n) is 22.7. The molecule has 0 aliphatic carbocycles. The summed E-state index contributed by atoms with van der Waals surface area (Å²) in [6.45, 7) is 4.57. The average Bonchev–Trinajstić information content (AvgIpc) is 3.00. The van der Waals surface area contributed by atoms with Gasteiger partial charge in [0.05, 0.1) is 0 Å². The Morgan fingerprint density at radius 1 is 0.400 bits per heavy atom. The molecule has 0 saturated carbocycles. The van der Waals surface area contributed by atoms with Gasteiger partial charge in [-0.05, 0) is 102 Å². The molecule has 0 bridgehead atoms. The van der Waals surface area contributed by atoms with Crippen LogP contribution in [-0.2, 0) is 0 Å². The normalized spacial score (nSPS) is 12.0. The molecule has 8 rings (SSSR count). The minimum atomic E-state index is 0.480. The van der Waals surface area contributed by atoms with Gasteiger partial charge in [-0.25, -0.2) is 0 Å². The van der Waals surface area contributed by atoms with Crippen LogP contribution in [0, 0.1) is 0 Å². The lowest BCUT2D eigenvalue weighted by Crippen LogP contribution is -2.10. The van der Waals surface area contributed by atoms with Gasteiger partial charge >= 0.3 is 0 Å². The Morgan fingerprint density at radius 2 is 1.00 bits per heavy atom. The van der Waals surface area contributed by atoms with Crippen molar-refractivity contribution in [2.75, 3.05) is 4.90 Å². The summed E-state index contributed by atoms with van der Waals surface area (Å²) >= 11 is 0. The van der Waals surface area contributed by atoms with Gasteiger partial charge in [-0.2, -0.15) is 0 Å². The minimum absolute atomic E-state index is 0.480. The highest BCUT2D eigenvalue weighted by atomic mass is 15.1. The fraction of sp³-hybridized carbons (Fsp3) is 0.0769. The number of para-hydroxylation sites is 1. The number of hydrogen-bond donors (Lipinski definition) is 0. The maximum atomic E-state index is 2.42. The van der Waals surface area contributed by atoms with Crippen LogP contribution >= 0.6 is 0 Å². The van der Waals surface area contributed by atoms with Crippen LogP contribution in [0.3, 0.4) is 0 Å². The van der Waals surface area contributed by atoms with E-state index in [1.54, 1.807) is 0 Å². The van der Waals surface area contributed by atoms with Crippen molar-refractivity contribution in [3.05, 3.63) is 139 Å². The molecule has 190 valence electrons.